The Labute approximate surface area is 126 Å². The molecule has 0 spiro atoms. The summed E-state index contributed by atoms with van der Waals surface area (Å²) in [6.07, 6.45) is 6.50. The highest BCUT2D eigenvalue weighted by molar-refractivity contribution is 6.19. The van der Waals surface area contributed by atoms with Gasteiger partial charge in [0.15, 0.2) is 0 Å². The minimum absolute atomic E-state index is 0.136. The summed E-state index contributed by atoms with van der Waals surface area (Å²) in [5, 5.41) is 2.40. The van der Waals surface area contributed by atoms with Crippen LogP contribution in [-0.4, -0.2) is 28.8 Å². The molecule has 21 heavy (non-hydrogen) atoms. The molecule has 1 unspecified atom stereocenters. The maximum absolute atomic E-state index is 12.9. The third-order valence-corrected chi connectivity index (χ3v) is 5.45. The second kappa shape index (κ2) is 6.16. The van der Waals surface area contributed by atoms with Crippen molar-refractivity contribution in [3.63, 3.8) is 0 Å². The molecule has 1 saturated carbocycles. The Hall–Kier alpha value is -1.39. The number of imide groups is 2. The molecule has 2 fully saturated rings. The molecule has 1 saturated heterocycles. The predicted octanol–water partition coefficient (Wildman–Crippen LogP) is 2.84. The van der Waals surface area contributed by atoms with E-state index in [1.165, 1.54) is 11.3 Å². The van der Waals surface area contributed by atoms with Crippen LogP contribution in [0.1, 0.15) is 65.7 Å². The zero-order chi connectivity index (χ0) is 15.6. The van der Waals surface area contributed by atoms with E-state index >= 15 is 0 Å². The zero-order valence-corrected chi connectivity index (χ0v) is 13.3. The number of amides is 4. The number of hydrogen-bond donors (Lipinski definition) is 1. The largest absolute Gasteiger partial charge is 0.331 e. The molecule has 2 aliphatic rings. The van der Waals surface area contributed by atoms with Gasteiger partial charge in [0.1, 0.15) is 5.41 Å². The van der Waals surface area contributed by atoms with Crippen molar-refractivity contribution in [3.8, 4) is 0 Å². The van der Waals surface area contributed by atoms with Gasteiger partial charge in [-0.2, -0.15) is 0 Å². The number of nitrogens with one attached hydrogen (secondary N) is 1. The topological polar surface area (TPSA) is 66.5 Å². The first-order chi connectivity index (χ1) is 9.97. The molecule has 0 aromatic heterocycles. The fourth-order valence-electron chi connectivity index (χ4n) is 3.77. The van der Waals surface area contributed by atoms with Crippen LogP contribution in [0.3, 0.4) is 0 Å². The number of carbonyl (C=O) groups excluding carboxylic acids is 3. The fraction of sp³-hybridized carbons (Fsp3) is 0.812. The summed E-state index contributed by atoms with van der Waals surface area (Å²) < 4.78 is 0. The van der Waals surface area contributed by atoms with Crippen LogP contribution >= 0.6 is 0 Å². The first-order valence-corrected chi connectivity index (χ1v) is 8.17. The summed E-state index contributed by atoms with van der Waals surface area (Å²) >= 11 is 0. The number of rotatable bonds is 4. The van der Waals surface area contributed by atoms with E-state index in [4.69, 9.17) is 0 Å². The molecule has 2 rings (SSSR count). The minimum Gasteiger partial charge on any atom is -0.277 e. The highest BCUT2D eigenvalue weighted by Gasteiger charge is 2.53. The minimum atomic E-state index is -1.07. The smallest absolute Gasteiger partial charge is 0.277 e. The van der Waals surface area contributed by atoms with E-state index in [0.717, 1.165) is 25.7 Å². The summed E-state index contributed by atoms with van der Waals surface area (Å²) in [5.41, 5.74) is -1.07. The lowest BCUT2D eigenvalue weighted by Gasteiger charge is -2.43. The molecule has 1 aliphatic carbocycles. The average molecular weight is 294 g/mol. The van der Waals surface area contributed by atoms with E-state index in [1.54, 1.807) is 0 Å². The first-order valence-electron chi connectivity index (χ1n) is 8.17. The van der Waals surface area contributed by atoms with Crippen molar-refractivity contribution in [1.29, 1.82) is 0 Å². The standard InChI is InChI=1S/C16H26N2O3/c1-4-16(5-2)13(19)17-15(21)18(14(16)20)11(3)12-9-7-6-8-10-12/h11-12H,4-10H2,1-3H3,(H,17,19,21). The fourth-order valence-corrected chi connectivity index (χ4v) is 3.77. The van der Waals surface area contributed by atoms with Crippen molar-refractivity contribution in [1.82, 2.24) is 10.2 Å². The van der Waals surface area contributed by atoms with Crippen LogP contribution in [0, 0.1) is 11.3 Å². The van der Waals surface area contributed by atoms with Crippen LogP contribution < -0.4 is 5.32 Å². The number of hydrogen-bond acceptors (Lipinski definition) is 3. The van der Waals surface area contributed by atoms with E-state index < -0.39 is 17.4 Å². The molecule has 5 nitrogen and oxygen atoms in total. The molecule has 0 aromatic rings. The maximum Gasteiger partial charge on any atom is 0.331 e. The van der Waals surface area contributed by atoms with Crippen molar-refractivity contribution in [2.75, 3.05) is 0 Å². The van der Waals surface area contributed by atoms with Gasteiger partial charge in [0.05, 0.1) is 0 Å². The summed E-state index contributed by atoms with van der Waals surface area (Å²) in [7, 11) is 0. The molecule has 1 heterocycles. The van der Waals surface area contributed by atoms with E-state index in [2.05, 4.69) is 5.32 Å². The zero-order valence-electron chi connectivity index (χ0n) is 13.3. The van der Waals surface area contributed by atoms with Crippen molar-refractivity contribution >= 4 is 17.8 Å². The van der Waals surface area contributed by atoms with Gasteiger partial charge in [0.2, 0.25) is 11.8 Å². The van der Waals surface area contributed by atoms with Gasteiger partial charge < -0.3 is 0 Å². The normalized spacial score (nSPS) is 24.9. The molecule has 5 heteroatoms. The third-order valence-electron chi connectivity index (χ3n) is 5.45. The predicted molar refractivity (Wildman–Crippen MR) is 79.4 cm³/mol. The number of carbonyl (C=O) groups is 3. The van der Waals surface area contributed by atoms with Crippen LogP contribution in [0.2, 0.25) is 0 Å². The van der Waals surface area contributed by atoms with Crippen LogP contribution in [0.5, 0.6) is 0 Å². The highest BCUT2D eigenvalue weighted by atomic mass is 16.2. The first kappa shape index (κ1) is 16.0. The molecule has 0 aromatic carbocycles. The van der Waals surface area contributed by atoms with Crippen LogP contribution in [0.15, 0.2) is 0 Å². The monoisotopic (exact) mass is 294 g/mol. The number of barbiturate groups is 1. The van der Waals surface area contributed by atoms with Gasteiger partial charge in [0, 0.05) is 6.04 Å². The van der Waals surface area contributed by atoms with E-state index in [0.29, 0.717) is 18.8 Å². The lowest BCUT2D eigenvalue weighted by molar-refractivity contribution is -0.154. The summed E-state index contributed by atoms with van der Waals surface area (Å²) in [5.74, 6) is -0.387. The van der Waals surface area contributed by atoms with Crippen molar-refractivity contribution in [3.05, 3.63) is 0 Å². The highest BCUT2D eigenvalue weighted by Crippen LogP contribution is 2.36. The second-order valence-corrected chi connectivity index (χ2v) is 6.36. The Morgan fingerprint density at radius 3 is 2.24 bits per heavy atom. The molecular weight excluding hydrogens is 268 g/mol. The average Bonchev–Trinajstić information content (AvgIpc) is 2.49. The van der Waals surface area contributed by atoms with Crippen LogP contribution in [0.4, 0.5) is 4.79 Å². The molecule has 4 amide bonds. The third kappa shape index (κ3) is 2.58. The van der Waals surface area contributed by atoms with Gasteiger partial charge in [-0.3, -0.25) is 19.8 Å². The molecule has 0 radical (unpaired) electrons. The summed E-state index contributed by atoms with van der Waals surface area (Å²) in [4.78, 5) is 38.5. The van der Waals surface area contributed by atoms with Gasteiger partial charge in [0.25, 0.3) is 0 Å². The lowest BCUT2D eigenvalue weighted by Crippen LogP contribution is -2.66. The van der Waals surface area contributed by atoms with Gasteiger partial charge >= 0.3 is 6.03 Å². The Morgan fingerprint density at radius 2 is 1.71 bits per heavy atom. The molecular formula is C16H26N2O3. The van der Waals surface area contributed by atoms with Crippen molar-refractivity contribution in [2.24, 2.45) is 11.3 Å². The Morgan fingerprint density at radius 1 is 1.14 bits per heavy atom. The SMILES string of the molecule is CCC1(CC)C(=O)NC(=O)N(C(C)C2CCCCC2)C1=O. The Balaban J connectivity index is 2.26. The van der Waals surface area contributed by atoms with Crippen LogP contribution in [-0.2, 0) is 9.59 Å². The van der Waals surface area contributed by atoms with Gasteiger partial charge in [-0.15, -0.1) is 0 Å². The molecule has 0 bridgehead atoms. The van der Waals surface area contributed by atoms with Gasteiger partial charge in [-0.05, 0) is 38.5 Å². The molecule has 1 aliphatic heterocycles. The van der Waals surface area contributed by atoms with E-state index in [9.17, 15) is 14.4 Å². The molecule has 118 valence electrons. The summed E-state index contributed by atoms with van der Waals surface area (Å²) in [6, 6.07) is -0.677. The number of nitrogens with zero attached hydrogens (tertiary/aromatic N) is 1. The van der Waals surface area contributed by atoms with Gasteiger partial charge in [-0.1, -0.05) is 33.1 Å². The van der Waals surface area contributed by atoms with Crippen LogP contribution in [0.25, 0.3) is 0 Å². The van der Waals surface area contributed by atoms with E-state index in [1.807, 2.05) is 20.8 Å². The lowest BCUT2D eigenvalue weighted by atomic mass is 9.77. The maximum atomic E-state index is 12.9. The van der Waals surface area contributed by atoms with Crippen molar-refractivity contribution in [2.45, 2.75) is 71.8 Å². The second-order valence-electron chi connectivity index (χ2n) is 6.36. The van der Waals surface area contributed by atoms with Gasteiger partial charge in [-0.25, -0.2) is 4.79 Å². The Bertz CT molecular complexity index is 437. The molecule has 1 atom stereocenters. The quantitative estimate of drug-likeness (QED) is 0.811. The molecule has 1 N–H and O–H groups in total. The number of urea groups is 1. The van der Waals surface area contributed by atoms with E-state index in [-0.39, 0.29) is 11.9 Å². The Kier molecular flexibility index (Phi) is 4.69. The summed E-state index contributed by atoms with van der Waals surface area (Å²) in [6.45, 7) is 5.61. The van der Waals surface area contributed by atoms with Crippen molar-refractivity contribution < 1.29 is 14.4 Å².